The van der Waals surface area contributed by atoms with Crippen LogP contribution in [0.15, 0.2) is 6.33 Å². The lowest BCUT2D eigenvalue weighted by molar-refractivity contribution is 0.314. The average Bonchev–Trinajstić information content (AvgIpc) is 2.92. The molecule has 1 saturated carbocycles. The van der Waals surface area contributed by atoms with Crippen molar-refractivity contribution >= 4 is 0 Å². The largest absolute Gasteiger partial charge is 0.317 e. The number of hydrogen-bond acceptors (Lipinski definition) is 3. The standard InChI is InChI=1S/C16H30N4/c1-3-11-20-16(18-13-19-20)12-15(17-2)10-9-14-7-5-4-6-8-14/h13-15,17H,3-12H2,1-2H3. The molecule has 2 rings (SSSR count). The Morgan fingerprint density at radius 3 is 2.85 bits per heavy atom. The summed E-state index contributed by atoms with van der Waals surface area (Å²) in [5.41, 5.74) is 0. The summed E-state index contributed by atoms with van der Waals surface area (Å²) in [5, 5.41) is 7.79. The lowest BCUT2D eigenvalue weighted by Crippen LogP contribution is -2.30. The Bertz CT molecular complexity index is 368. The summed E-state index contributed by atoms with van der Waals surface area (Å²) in [6, 6.07) is 0.539. The second-order valence-corrected chi connectivity index (χ2v) is 6.17. The SMILES string of the molecule is CCCn1ncnc1CC(CCC1CCCCC1)NC. The molecule has 0 bridgehead atoms. The van der Waals surface area contributed by atoms with Gasteiger partial charge in [-0.05, 0) is 32.2 Å². The zero-order valence-electron chi connectivity index (χ0n) is 13.1. The molecule has 0 amide bonds. The number of rotatable bonds is 8. The zero-order chi connectivity index (χ0) is 14.2. The van der Waals surface area contributed by atoms with Crippen molar-refractivity contribution in [3.05, 3.63) is 12.2 Å². The Morgan fingerprint density at radius 1 is 1.35 bits per heavy atom. The minimum Gasteiger partial charge on any atom is -0.317 e. The third-order valence-corrected chi connectivity index (χ3v) is 4.62. The van der Waals surface area contributed by atoms with Gasteiger partial charge in [0.2, 0.25) is 0 Å². The van der Waals surface area contributed by atoms with Gasteiger partial charge in [-0.3, -0.25) is 4.68 Å². The molecule has 1 unspecified atom stereocenters. The summed E-state index contributed by atoms with van der Waals surface area (Å²) in [6.07, 6.45) is 13.7. The first-order valence-corrected chi connectivity index (χ1v) is 8.37. The molecule has 4 nitrogen and oxygen atoms in total. The van der Waals surface area contributed by atoms with Crippen LogP contribution in [0, 0.1) is 5.92 Å². The molecule has 0 aliphatic heterocycles. The van der Waals surface area contributed by atoms with Crippen LogP contribution in [0.4, 0.5) is 0 Å². The number of aromatic nitrogens is 3. The highest BCUT2D eigenvalue weighted by molar-refractivity contribution is 4.90. The number of nitrogens with one attached hydrogen (secondary N) is 1. The van der Waals surface area contributed by atoms with Gasteiger partial charge >= 0.3 is 0 Å². The van der Waals surface area contributed by atoms with Crippen LogP contribution in [-0.4, -0.2) is 27.9 Å². The lowest BCUT2D eigenvalue weighted by Gasteiger charge is -2.24. The highest BCUT2D eigenvalue weighted by Crippen LogP contribution is 2.27. The highest BCUT2D eigenvalue weighted by Gasteiger charge is 2.17. The number of hydrogen-bond donors (Lipinski definition) is 1. The zero-order valence-corrected chi connectivity index (χ0v) is 13.1. The first-order valence-electron chi connectivity index (χ1n) is 8.37. The van der Waals surface area contributed by atoms with Crippen LogP contribution in [0.2, 0.25) is 0 Å². The van der Waals surface area contributed by atoms with Gasteiger partial charge in [-0.1, -0.05) is 39.0 Å². The van der Waals surface area contributed by atoms with Crippen LogP contribution >= 0.6 is 0 Å². The molecule has 1 aromatic rings. The summed E-state index contributed by atoms with van der Waals surface area (Å²) < 4.78 is 2.06. The third-order valence-electron chi connectivity index (χ3n) is 4.62. The summed E-state index contributed by atoms with van der Waals surface area (Å²) in [4.78, 5) is 4.43. The van der Waals surface area contributed by atoms with E-state index in [-0.39, 0.29) is 0 Å². The molecule has 114 valence electrons. The van der Waals surface area contributed by atoms with E-state index in [9.17, 15) is 0 Å². The fourth-order valence-electron chi connectivity index (χ4n) is 3.33. The molecule has 1 atom stereocenters. The van der Waals surface area contributed by atoms with Crippen LogP contribution in [0.3, 0.4) is 0 Å². The van der Waals surface area contributed by atoms with Gasteiger partial charge in [0.05, 0.1) is 0 Å². The topological polar surface area (TPSA) is 42.7 Å². The molecule has 1 heterocycles. The molecule has 0 saturated heterocycles. The number of likely N-dealkylation sites (N-methyl/N-ethyl adjacent to an activating group) is 1. The van der Waals surface area contributed by atoms with Crippen molar-refractivity contribution < 1.29 is 0 Å². The van der Waals surface area contributed by atoms with E-state index in [1.165, 1.54) is 44.9 Å². The molecule has 1 aliphatic carbocycles. The van der Waals surface area contributed by atoms with Crippen molar-refractivity contribution in [3.63, 3.8) is 0 Å². The summed E-state index contributed by atoms with van der Waals surface area (Å²) in [6.45, 7) is 3.17. The predicted molar refractivity (Wildman–Crippen MR) is 82.7 cm³/mol. The second-order valence-electron chi connectivity index (χ2n) is 6.17. The Balaban J connectivity index is 1.80. The van der Waals surface area contributed by atoms with Crippen molar-refractivity contribution in [1.29, 1.82) is 0 Å². The molecule has 0 spiro atoms. The molecule has 1 N–H and O–H groups in total. The monoisotopic (exact) mass is 278 g/mol. The maximum absolute atomic E-state index is 4.43. The maximum Gasteiger partial charge on any atom is 0.138 e. The summed E-state index contributed by atoms with van der Waals surface area (Å²) in [5.74, 6) is 2.10. The first-order chi connectivity index (χ1) is 9.83. The first kappa shape index (κ1) is 15.5. The third kappa shape index (κ3) is 4.58. The van der Waals surface area contributed by atoms with Gasteiger partial charge in [-0.2, -0.15) is 5.10 Å². The van der Waals surface area contributed by atoms with E-state index < -0.39 is 0 Å². The van der Waals surface area contributed by atoms with Crippen LogP contribution in [0.5, 0.6) is 0 Å². The molecule has 1 aliphatic rings. The fraction of sp³-hybridized carbons (Fsp3) is 0.875. The molecule has 0 aromatic carbocycles. The van der Waals surface area contributed by atoms with Gasteiger partial charge in [-0.15, -0.1) is 0 Å². The minimum absolute atomic E-state index is 0.539. The molecular weight excluding hydrogens is 248 g/mol. The Hall–Kier alpha value is -0.900. The van der Waals surface area contributed by atoms with E-state index in [2.05, 4.69) is 34.1 Å². The van der Waals surface area contributed by atoms with Crippen molar-refractivity contribution in [2.45, 2.75) is 77.3 Å². The van der Waals surface area contributed by atoms with E-state index in [0.717, 1.165) is 31.1 Å². The van der Waals surface area contributed by atoms with Crippen LogP contribution < -0.4 is 5.32 Å². The molecule has 1 aromatic heterocycles. The second kappa shape index (κ2) is 8.40. The lowest BCUT2D eigenvalue weighted by atomic mass is 9.85. The Morgan fingerprint density at radius 2 is 2.15 bits per heavy atom. The Kier molecular flexibility index (Phi) is 6.51. The molecule has 0 radical (unpaired) electrons. The molecule has 4 heteroatoms. The van der Waals surface area contributed by atoms with Gasteiger partial charge in [0, 0.05) is 19.0 Å². The van der Waals surface area contributed by atoms with Gasteiger partial charge in [-0.25, -0.2) is 4.98 Å². The fourth-order valence-corrected chi connectivity index (χ4v) is 3.33. The Labute approximate surface area is 123 Å². The number of nitrogens with zero attached hydrogens (tertiary/aromatic N) is 3. The van der Waals surface area contributed by atoms with Gasteiger partial charge < -0.3 is 5.32 Å². The van der Waals surface area contributed by atoms with E-state index in [1.807, 2.05) is 0 Å². The van der Waals surface area contributed by atoms with Crippen LogP contribution in [0.1, 0.15) is 64.1 Å². The van der Waals surface area contributed by atoms with E-state index in [1.54, 1.807) is 6.33 Å². The maximum atomic E-state index is 4.43. The van der Waals surface area contributed by atoms with E-state index >= 15 is 0 Å². The molecular formula is C16H30N4. The molecule has 20 heavy (non-hydrogen) atoms. The van der Waals surface area contributed by atoms with Crippen molar-refractivity contribution in [2.24, 2.45) is 5.92 Å². The average molecular weight is 278 g/mol. The smallest absolute Gasteiger partial charge is 0.138 e. The van der Waals surface area contributed by atoms with E-state index in [4.69, 9.17) is 0 Å². The van der Waals surface area contributed by atoms with Crippen LogP contribution in [0.25, 0.3) is 0 Å². The predicted octanol–water partition coefficient (Wildman–Crippen LogP) is 3.18. The highest BCUT2D eigenvalue weighted by atomic mass is 15.3. The van der Waals surface area contributed by atoms with Crippen molar-refractivity contribution in [3.8, 4) is 0 Å². The summed E-state index contributed by atoms with van der Waals surface area (Å²) >= 11 is 0. The van der Waals surface area contributed by atoms with Gasteiger partial charge in [0.1, 0.15) is 12.2 Å². The number of aryl methyl sites for hydroxylation is 1. The van der Waals surface area contributed by atoms with E-state index in [0.29, 0.717) is 6.04 Å². The van der Waals surface area contributed by atoms with Gasteiger partial charge in [0.25, 0.3) is 0 Å². The van der Waals surface area contributed by atoms with Crippen molar-refractivity contribution in [1.82, 2.24) is 20.1 Å². The normalized spacial score (nSPS) is 18.3. The molecule has 1 fully saturated rings. The summed E-state index contributed by atoms with van der Waals surface area (Å²) in [7, 11) is 2.08. The van der Waals surface area contributed by atoms with Crippen LogP contribution in [-0.2, 0) is 13.0 Å². The quantitative estimate of drug-likeness (QED) is 0.794. The van der Waals surface area contributed by atoms with Gasteiger partial charge in [0.15, 0.2) is 0 Å². The van der Waals surface area contributed by atoms with Crippen molar-refractivity contribution in [2.75, 3.05) is 7.05 Å². The minimum atomic E-state index is 0.539.